The van der Waals surface area contributed by atoms with Gasteiger partial charge in [-0.1, -0.05) is 42.5 Å². The first kappa shape index (κ1) is 19.1. The van der Waals surface area contributed by atoms with Gasteiger partial charge in [0, 0.05) is 12.6 Å². The van der Waals surface area contributed by atoms with E-state index in [-0.39, 0.29) is 23.4 Å². The maximum absolute atomic E-state index is 11.9. The van der Waals surface area contributed by atoms with Crippen molar-refractivity contribution in [1.29, 1.82) is 0 Å². The van der Waals surface area contributed by atoms with Gasteiger partial charge in [0.2, 0.25) is 15.9 Å². The van der Waals surface area contributed by atoms with E-state index < -0.39 is 10.0 Å². The number of carbonyl (C=O) groups excluding carboxylic acids is 1. The van der Waals surface area contributed by atoms with Crippen molar-refractivity contribution >= 4 is 15.9 Å². The molecule has 0 saturated carbocycles. The van der Waals surface area contributed by atoms with Crippen LogP contribution in [-0.4, -0.2) is 27.4 Å². The van der Waals surface area contributed by atoms with Gasteiger partial charge in [0.15, 0.2) is 0 Å². The molecule has 0 aliphatic heterocycles. The summed E-state index contributed by atoms with van der Waals surface area (Å²) < 4.78 is 22.4. The van der Waals surface area contributed by atoms with Crippen LogP contribution < -0.4 is 15.8 Å². The topological polar surface area (TPSA) is 101 Å². The van der Waals surface area contributed by atoms with Crippen molar-refractivity contribution in [3.05, 3.63) is 65.7 Å². The fourth-order valence-electron chi connectivity index (χ4n) is 2.36. The molecule has 2 aromatic rings. The maximum atomic E-state index is 11.9. The monoisotopic (exact) mass is 361 g/mol. The molecule has 2 rings (SSSR count). The smallest absolute Gasteiger partial charge is 0.238 e. The molecule has 25 heavy (non-hydrogen) atoms. The second kappa shape index (κ2) is 8.75. The summed E-state index contributed by atoms with van der Waals surface area (Å²) >= 11 is 0. The number of sulfonamides is 1. The van der Waals surface area contributed by atoms with Crippen LogP contribution in [0.1, 0.15) is 24.1 Å². The van der Waals surface area contributed by atoms with E-state index in [0.29, 0.717) is 13.0 Å². The number of benzene rings is 2. The summed E-state index contributed by atoms with van der Waals surface area (Å²) in [6, 6.07) is 16.3. The highest BCUT2D eigenvalue weighted by Crippen LogP contribution is 2.10. The Kier molecular flexibility index (Phi) is 6.69. The molecule has 0 aliphatic carbocycles. The fourth-order valence-corrected chi connectivity index (χ4v) is 2.88. The first-order chi connectivity index (χ1) is 11.9. The van der Waals surface area contributed by atoms with Crippen molar-refractivity contribution in [2.75, 3.05) is 13.1 Å². The third kappa shape index (κ3) is 6.30. The Morgan fingerprint density at radius 2 is 1.72 bits per heavy atom. The molecular weight excluding hydrogens is 338 g/mol. The highest BCUT2D eigenvalue weighted by Gasteiger charge is 2.08. The Hall–Kier alpha value is -2.22. The molecule has 0 unspecified atom stereocenters. The van der Waals surface area contributed by atoms with Gasteiger partial charge in [0.05, 0.1) is 11.4 Å². The molecule has 6 nitrogen and oxygen atoms in total. The Morgan fingerprint density at radius 3 is 2.32 bits per heavy atom. The molecule has 1 atom stereocenters. The van der Waals surface area contributed by atoms with Gasteiger partial charge in [-0.25, -0.2) is 13.6 Å². The van der Waals surface area contributed by atoms with Crippen molar-refractivity contribution in [3.8, 4) is 0 Å². The zero-order valence-electron chi connectivity index (χ0n) is 14.1. The number of carbonyl (C=O) groups is 1. The van der Waals surface area contributed by atoms with Crippen molar-refractivity contribution in [2.24, 2.45) is 5.14 Å². The van der Waals surface area contributed by atoms with Crippen LogP contribution in [0.2, 0.25) is 0 Å². The van der Waals surface area contributed by atoms with Crippen molar-refractivity contribution in [3.63, 3.8) is 0 Å². The molecule has 7 heteroatoms. The van der Waals surface area contributed by atoms with E-state index in [0.717, 1.165) is 11.1 Å². The molecule has 0 saturated heterocycles. The van der Waals surface area contributed by atoms with Gasteiger partial charge in [0.25, 0.3) is 0 Å². The summed E-state index contributed by atoms with van der Waals surface area (Å²) in [6.07, 6.45) is 0.616. The molecule has 0 aliphatic rings. The zero-order chi connectivity index (χ0) is 18.3. The maximum Gasteiger partial charge on any atom is 0.238 e. The van der Waals surface area contributed by atoms with Crippen LogP contribution in [0.15, 0.2) is 59.5 Å². The van der Waals surface area contributed by atoms with E-state index in [9.17, 15) is 13.2 Å². The Labute approximate surface area is 148 Å². The van der Waals surface area contributed by atoms with E-state index in [4.69, 9.17) is 5.14 Å². The number of primary sulfonamides is 1. The molecule has 0 bridgehead atoms. The number of hydrogen-bond acceptors (Lipinski definition) is 4. The lowest BCUT2D eigenvalue weighted by atomic mass is 10.1. The number of hydrogen-bond donors (Lipinski definition) is 3. The van der Waals surface area contributed by atoms with Crippen molar-refractivity contribution in [1.82, 2.24) is 10.6 Å². The minimum Gasteiger partial charge on any atom is -0.355 e. The van der Waals surface area contributed by atoms with Gasteiger partial charge < -0.3 is 10.6 Å². The van der Waals surface area contributed by atoms with E-state index in [1.54, 1.807) is 12.1 Å². The van der Waals surface area contributed by atoms with Gasteiger partial charge in [-0.15, -0.1) is 0 Å². The SMILES string of the molecule is C[C@@H](NCC(=O)NCCc1ccc(S(N)(=O)=O)cc1)c1ccccc1. The van der Waals surface area contributed by atoms with Crippen LogP contribution in [0.25, 0.3) is 0 Å². The molecular formula is C18H23N3O3S. The van der Waals surface area contributed by atoms with Crippen LogP contribution in [0.5, 0.6) is 0 Å². The quantitative estimate of drug-likeness (QED) is 0.660. The Morgan fingerprint density at radius 1 is 1.08 bits per heavy atom. The van der Waals surface area contributed by atoms with Crippen LogP contribution in [-0.2, 0) is 21.2 Å². The Balaban J connectivity index is 1.72. The standard InChI is InChI=1S/C18H23N3O3S/c1-14(16-5-3-2-4-6-16)21-13-18(22)20-12-11-15-7-9-17(10-8-15)25(19,23)24/h2-10,14,21H,11-13H2,1H3,(H,20,22)(H2,19,23,24)/t14-/m1/s1. The van der Waals surface area contributed by atoms with Crippen LogP contribution in [0, 0.1) is 0 Å². The lowest BCUT2D eigenvalue weighted by Crippen LogP contribution is -2.36. The van der Waals surface area contributed by atoms with Gasteiger partial charge in [0.1, 0.15) is 0 Å². The van der Waals surface area contributed by atoms with E-state index >= 15 is 0 Å². The normalized spacial score (nSPS) is 12.6. The second-order valence-electron chi connectivity index (χ2n) is 5.80. The zero-order valence-corrected chi connectivity index (χ0v) is 14.9. The van der Waals surface area contributed by atoms with E-state index in [1.807, 2.05) is 37.3 Å². The first-order valence-electron chi connectivity index (χ1n) is 8.03. The van der Waals surface area contributed by atoms with Gasteiger partial charge in [-0.2, -0.15) is 0 Å². The lowest BCUT2D eigenvalue weighted by molar-refractivity contribution is -0.120. The third-order valence-corrected chi connectivity index (χ3v) is 4.79. The van der Waals surface area contributed by atoms with Gasteiger partial charge in [-0.05, 0) is 36.6 Å². The molecule has 1 amide bonds. The predicted molar refractivity (Wildman–Crippen MR) is 97.4 cm³/mol. The highest BCUT2D eigenvalue weighted by atomic mass is 32.2. The van der Waals surface area contributed by atoms with Gasteiger partial charge in [-0.3, -0.25) is 4.79 Å². The summed E-state index contributed by atoms with van der Waals surface area (Å²) in [4.78, 5) is 12.0. The van der Waals surface area contributed by atoms with Crippen molar-refractivity contribution in [2.45, 2.75) is 24.3 Å². The summed E-state index contributed by atoms with van der Waals surface area (Å²) in [5, 5.41) is 11.1. The number of nitrogens with two attached hydrogens (primary N) is 1. The lowest BCUT2D eigenvalue weighted by Gasteiger charge is -2.14. The Bertz CT molecular complexity index is 790. The van der Waals surface area contributed by atoms with Crippen molar-refractivity contribution < 1.29 is 13.2 Å². The summed E-state index contributed by atoms with van der Waals surface area (Å²) in [5.41, 5.74) is 2.06. The van der Waals surface area contributed by atoms with Crippen LogP contribution in [0.3, 0.4) is 0 Å². The van der Waals surface area contributed by atoms with Gasteiger partial charge >= 0.3 is 0 Å². The predicted octanol–water partition coefficient (Wildman–Crippen LogP) is 1.34. The summed E-state index contributed by atoms with van der Waals surface area (Å²) in [7, 11) is -3.67. The fraction of sp³-hybridized carbons (Fsp3) is 0.278. The molecule has 0 spiro atoms. The van der Waals surface area contributed by atoms with E-state index in [2.05, 4.69) is 10.6 Å². The first-order valence-corrected chi connectivity index (χ1v) is 9.57. The number of nitrogens with one attached hydrogen (secondary N) is 2. The summed E-state index contributed by atoms with van der Waals surface area (Å²) in [5.74, 6) is -0.0797. The third-order valence-electron chi connectivity index (χ3n) is 3.86. The average molecular weight is 361 g/mol. The molecule has 4 N–H and O–H groups in total. The molecule has 134 valence electrons. The van der Waals surface area contributed by atoms with Crippen LogP contribution >= 0.6 is 0 Å². The molecule has 0 fully saturated rings. The second-order valence-corrected chi connectivity index (χ2v) is 7.36. The minimum atomic E-state index is -3.67. The summed E-state index contributed by atoms with van der Waals surface area (Å²) in [6.45, 7) is 2.73. The van der Waals surface area contributed by atoms with E-state index in [1.165, 1.54) is 12.1 Å². The number of rotatable bonds is 8. The molecule has 0 heterocycles. The van der Waals surface area contributed by atoms with Crippen LogP contribution in [0.4, 0.5) is 0 Å². The molecule has 2 aromatic carbocycles. The average Bonchev–Trinajstić information content (AvgIpc) is 2.60. The highest BCUT2D eigenvalue weighted by molar-refractivity contribution is 7.89. The minimum absolute atomic E-state index is 0.0797. The molecule has 0 aromatic heterocycles. The number of amides is 1. The largest absolute Gasteiger partial charge is 0.355 e. The molecule has 0 radical (unpaired) electrons.